The van der Waals surface area contributed by atoms with Gasteiger partial charge in [0.25, 0.3) is 0 Å². The third kappa shape index (κ3) is 2.53. The van der Waals surface area contributed by atoms with Crippen LogP contribution in [0.2, 0.25) is 0 Å². The van der Waals surface area contributed by atoms with E-state index in [2.05, 4.69) is 58.2 Å². The van der Waals surface area contributed by atoms with Crippen LogP contribution in [0, 0.1) is 29.8 Å². The highest BCUT2D eigenvalue weighted by molar-refractivity contribution is 14.1. The third-order valence-electron chi connectivity index (χ3n) is 2.40. The van der Waals surface area contributed by atoms with Crippen molar-refractivity contribution in [2.45, 2.75) is 23.1 Å². The van der Waals surface area contributed by atoms with E-state index in [9.17, 15) is 0 Å². The minimum absolute atomic E-state index is 0.214. The maximum Gasteiger partial charge on any atom is 0.150 e. The molecule has 0 fully saturated rings. The molecular weight excluding hydrogens is 490 g/mol. The highest BCUT2D eigenvalue weighted by Crippen LogP contribution is 2.55. The zero-order valence-electron chi connectivity index (χ0n) is 9.25. The van der Waals surface area contributed by atoms with Gasteiger partial charge in [-0.25, -0.2) is 0 Å². The quantitative estimate of drug-likeness (QED) is 0.410. The molecule has 1 aliphatic heterocycles. The van der Waals surface area contributed by atoms with Gasteiger partial charge in [-0.2, -0.15) is 10.5 Å². The van der Waals surface area contributed by atoms with E-state index in [1.807, 2.05) is 12.1 Å². The van der Waals surface area contributed by atoms with E-state index in [4.69, 9.17) is 10.5 Å². The van der Waals surface area contributed by atoms with Crippen LogP contribution in [-0.4, -0.2) is 0 Å². The zero-order valence-corrected chi connectivity index (χ0v) is 15.2. The fourth-order valence-electron chi connectivity index (χ4n) is 1.50. The molecule has 0 amide bonds. The van der Waals surface area contributed by atoms with Crippen LogP contribution in [-0.2, 0) is 6.42 Å². The van der Waals surface area contributed by atoms with Crippen LogP contribution in [0.5, 0.6) is 0 Å². The number of nitriles is 2. The molecule has 0 radical (unpaired) electrons. The molecule has 0 bridgehead atoms. The van der Waals surface area contributed by atoms with Crippen LogP contribution < -0.4 is 0 Å². The highest BCUT2D eigenvalue weighted by Gasteiger charge is 2.26. The number of hydrogen-bond acceptors (Lipinski definition) is 4. The Morgan fingerprint density at radius 3 is 2.39 bits per heavy atom. The molecule has 2 nitrogen and oxygen atoms in total. The van der Waals surface area contributed by atoms with Crippen molar-refractivity contribution in [3.05, 3.63) is 28.6 Å². The number of hydrogen-bond donors (Lipinski definition) is 0. The van der Waals surface area contributed by atoms with Gasteiger partial charge in [0.05, 0.1) is 4.24 Å². The lowest BCUT2D eigenvalue weighted by atomic mass is 10.2. The van der Waals surface area contributed by atoms with Crippen LogP contribution in [0.25, 0.3) is 0 Å². The SMILES string of the molecule is CCc1cc(I)c2c(c1I)SC(=C(C#N)C#N)S2. The van der Waals surface area contributed by atoms with Crippen molar-refractivity contribution in [2.24, 2.45) is 0 Å². The number of rotatable bonds is 1. The fourth-order valence-corrected chi connectivity index (χ4v) is 6.43. The Kier molecular flexibility index (Phi) is 4.86. The number of thioether (sulfide) groups is 2. The van der Waals surface area contributed by atoms with Crippen molar-refractivity contribution in [3.63, 3.8) is 0 Å². The Hall–Kier alpha value is 0.1000. The summed E-state index contributed by atoms with van der Waals surface area (Å²) in [5.74, 6) is 0. The molecule has 1 aromatic rings. The fraction of sp³-hybridized carbons (Fsp3) is 0.167. The van der Waals surface area contributed by atoms with Gasteiger partial charge in [0.2, 0.25) is 0 Å². The molecule has 0 spiro atoms. The molecule has 6 heteroatoms. The average Bonchev–Trinajstić information content (AvgIpc) is 2.81. The number of benzene rings is 1. The monoisotopic (exact) mass is 496 g/mol. The first-order valence-corrected chi connectivity index (χ1v) is 8.82. The van der Waals surface area contributed by atoms with E-state index in [-0.39, 0.29) is 5.57 Å². The number of allylic oxidation sites excluding steroid dienone is 1. The van der Waals surface area contributed by atoms with Gasteiger partial charge in [0.1, 0.15) is 17.7 Å². The predicted molar refractivity (Wildman–Crippen MR) is 91.2 cm³/mol. The first-order valence-electron chi connectivity index (χ1n) is 5.03. The molecule has 0 aromatic heterocycles. The second-order valence-corrected chi connectivity index (χ2v) is 7.97. The van der Waals surface area contributed by atoms with Crippen molar-refractivity contribution in [1.82, 2.24) is 0 Å². The standard InChI is InChI=1S/C12H6I2N2S2/c1-2-6-3-8(13)10-11(9(6)14)18-12(17-10)7(4-15)5-16/h3H,2H2,1H3. The second kappa shape index (κ2) is 6.04. The summed E-state index contributed by atoms with van der Waals surface area (Å²) >= 11 is 7.77. The molecule has 0 atom stereocenters. The Labute approximate surface area is 141 Å². The van der Waals surface area contributed by atoms with Gasteiger partial charge in [-0.3, -0.25) is 0 Å². The number of halogens is 2. The molecule has 1 aromatic carbocycles. The van der Waals surface area contributed by atoms with E-state index in [1.165, 1.54) is 34.3 Å². The molecule has 18 heavy (non-hydrogen) atoms. The lowest BCUT2D eigenvalue weighted by Crippen LogP contribution is -1.92. The zero-order chi connectivity index (χ0) is 13.3. The Bertz CT molecular complexity index is 623. The number of nitrogens with zero attached hydrogens (tertiary/aromatic N) is 2. The van der Waals surface area contributed by atoms with Crippen molar-refractivity contribution < 1.29 is 0 Å². The molecule has 2 rings (SSSR count). The van der Waals surface area contributed by atoms with Gasteiger partial charge in [-0.05, 0) is 63.2 Å². The summed E-state index contributed by atoms with van der Waals surface area (Å²) in [6.07, 6.45) is 0.995. The Morgan fingerprint density at radius 2 is 1.83 bits per heavy atom. The van der Waals surface area contributed by atoms with Crippen LogP contribution in [0.15, 0.2) is 25.7 Å². The van der Waals surface area contributed by atoms with E-state index in [0.29, 0.717) is 0 Å². The summed E-state index contributed by atoms with van der Waals surface area (Å²) < 4.78 is 3.25. The van der Waals surface area contributed by atoms with E-state index in [0.717, 1.165) is 10.7 Å². The molecule has 0 saturated heterocycles. The second-order valence-electron chi connectivity index (χ2n) is 3.43. The van der Waals surface area contributed by atoms with Gasteiger partial charge < -0.3 is 0 Å². The molecule has 90 valence electrons. The molecular formula is C12H6I2N2S2. The summed E-state index contributed by atoms with van der Waals surface area (Å²) in [6, 6.07) is 6.13. The van der Waals surface area contributed by atoms with Gasteiger partial charge in [0.15, 0.2) is 0 Å². The molecule has 0 N–H and O–H groups in total. The summed E-state index contributed by atoms with van der Waals surface area (Å²) in [7, 11) is 0. The van der Waals surface area contributed by atoms with E-state index in [1.54, 1.807) is 11.8 Å². The molecule has 0 saturated carbocycles. The van der Waals surface area contributed by atoms with Crippen LogP contribution in [0.4, 0.5) is 0 Å². The Morgan fingerprint density at radius 1 is 1.22 bits per heavy atom. The normalized spacial score (nSPS) is 12.8. The van der Waals surface area contributed by atoms with Crippen LogP contribution in [0.1, 0.15) is 12.5 Å². The summed E-state index contributed by atoms with van der Waals surface area (Å²) in [5.41, 5.74) is 1.54. The maximum atomic E-state index is 8.94. The third-order valence-corrected chi connectivity index (χ3v) is 7.87. The average molecular weight is 496 g/mol. The van der Waals surface area contributed by atoms with Gasteiger partial charge in [-0.15, -0.1) is 0 Å². The molecule has 1 heterocycles. The lowest BCUT2D eigenvalue weighted by molar-refractivity contribution is 1.06. The largest absolute Gasteiger partial charge is 0.192 e. The molecule has 0 unspecified atom stereocenters. The first-order chi connectivity index (χ1) is 8.62. The first kappa shape index (κ1) is 14.5. The van der Waals surface area contributed by atoms with Crippen molar-refractivity contribution >= 4 is 68.7 Å². The molecule has 1 aliphatic rings. The minimum Gasteiger partial charge on any atom is -0.192 e. The van der Waals surface area contributed by atoms with Gasteiger partial charge >= 0.3 is 0 Å². The summed E-state index contributed by atoms with van der Waals surface area (Å²) in [6.45, 7) is 2.14. The lowest BCUT2D eigenvalue weighted by Gasteiger charge is -2.08. The Balaban J connectivity index is 2.59. The topological polar surface area (TPSA) is 47.6 Å². The van der Waals surface area contributed by atoms with Crippen LogP contribution >= 0.6 is 68.7 Å². The summed E-state index contributed by atoms with van der Waals surface area (Å²) in [4.78, 5) is 2.38. The van der Waals surface area contributed by atoms with E-state index >= 15 is 0 Å². The van der Waals surface area contributed by atoms with Gasteiger partial charge in [0, 0.05) is 16.9 Å². The van der Waals surface area contributed by atoms with E-state index < -0.39 is 0 Å². The van der Waals surface area contributed by atoms with Crippen molar-refractivity contribution in [2.75, 3.05) is 0 Å². The van der Waals surface area contributed by atoms with Crippen molar-refractivity contribution in [1.29, 1.82) is 10.5 Å². The van der Waals surface area contributed by atoms with Crippen molar-refractivity contribution in [3.8, 4) is 12.1 Å². The maximum absolute atomic E-state index is 8.94. The number of fused-ring (bicyclic) bond motifs is 1. The minimum atomic E-state index is 0.214. The van der Waals surface area contributed by atoms with Crippen LogP contribution in [0.3, 0.4) is 0 Å². The van der Waals surface area contributed by atoms with Gasteiger partial charge in [-0.1, -0.05) is 30.4 Å². The summed E-state index contributed by atoms with van der Waals surface area (Å²) in [5, 5.41) is 17.9. The smallest absolute Gasteiger partial charge is 0.150 e. The molecule has 0 aliphatic carbocycles. The highest BCUT2D eigenvalue weighted by atomic mass is 127. The predicted octanol–water partition coefficient (Wildman–Crippen LogP) is 4.91. The number of aryl methyl sites for hydroxylation is 1.